The number of nitrogens with one attached hydrogen (secondary N) is 1. The Balaban J connectivity index is 2.66. The second-order valence-corrected chi connectivity index (χ2v) is 3.38. The minimum Gasteiger partial charge on any atom is -0.350 e. The summed E-state index contributed by atoms with van der Waals surface area (Å²) in [4.78, 5) is 15.1. The molecule has 3 nitrogen and oxygen atoms in total. The molecule has 0 heterocycles. The van der Waals surface area contributed by atoms with Crippen molar-refractivity contribution < 1.29 is 14.3 Å². The maximum Gasteiger partial charge on any atom is 0.251 e. The molecule has 0 bridgehead atoms. The van der Waals surface area contributed by atoms with E-state index in [0.717, 1.165) is 6.42 Å². The van der Waals surface area contributed by atoms with Gasteiger partial charge < -0.3 is 5.32 Å². The topological polar surface area (TPSA) is 38.3 Å². The van der Waals surface area contributed by atoms with E-state index in [4.69, 9.17) is 0 Å². The van der Waals surface area contributed by atoms with Gasteiger partial charge in [0.25, 0.3) is 5.91 Å². The summed E-state index contributed by atoms with van der Waals surface area (Å²) < 4.78 is 11.7. The predicted octanol–water partition coefficient (Wildman–Crippen LogP) is 2.48. The van der Waals surface area contributed by atoms with Gasteiger partial charge in [-0.1, -0.05) is 6.92 Å². The first-order valence-corrected chi connectivity index (χ1v) is 4.87. The van der Waals surface area contributed by atoms with Crippen LogP contribution in [0.2, 0.25) is 0 Å². The number of hydrogen-bond acceptors (Lipinski definition) is 2. The van der Waals surface area contributed by atoms with E-state index >= 15 is 0 Å². The molecular formula is C11H14FNO2. The second-order valence-electron chi connectivity index (χ2n) is 3.38. The van der Waals surface area contributed by atoms with Crippen molar-refractivity contribution in [3.05, 3.63) is 29.8 Å². The number of hydrogen-bond donors (Lipinski definition) is 1. The zero-order chi connectivity index (χ0) is 11.3. The third-order valence-electron chi connectivity index (χ3n) is 2.20. The quantitative estimate of drug-likeness (QED) is 0.830. The van der Waals surface area contributed by atoms with Crippen LogP contribution in [0.5, 0.6) is 5.75 Å². The van der Waals surface area contributed by atoms with E-state index in [9.17, 15) is 9.32 Å². The number of carbonyl (C=O) groups is 1. The molecule has 0 aliphatic rings. The summed E-state index contributed by atoms with van der Waals surface area (Å²) in [5.74, 6) is -0.0650. The van der Waals surface area contributed by atoms with Gasteiger partial charge in [0.2, 0.25) is 0 Å². The fourth-order valence-electron chi connectivity index (χ4n) is 1.07. The molecule has 0 fully saturated rings. The minimum absolute atomic E-state index is 0.0927. The largest absolute Gasteiger partial charge is 0.350 e. The van der Waals surface area contributed by atoms with Crippen LogP contribution < -0.4 is 10.3 Å². The van der Waals surface area contributed by atoms with Gasteiger partial charge in [0, 0.05) is 16.1 Å². The fourth-order valence-corrected chi connectivity index (χ4v) is 1.07. The van der Waals surface area contributed by atoms with Crippen LogP contribution in [-0.2, 0) is 0 Å². The second kappa shape index (κ2) is 5.34. The molecule has 1 N–H and O–H groups in total. The normalized spacial score (nSPS) is 11.9. The fraction of sp³-hybridized carbons (Fsp3) is 0.364. The molecule has 4 heteroatoms. The van der Waals surface area contributed by atoms with Crippen molar-refractivity contribution in [3.8, 4) is 5.75 Å². The zero-order valence-electron chi connectivity index (χ0n) is 8.79. The predicted molar refractivity (Wildman–Crippen MR) is 55.4 cm³/mol. The Labute approximate surface area is 88.1 Å². The first-order valence-electron chi connectivity index (χ1n) is 4.87. The number of rotatable bonds is 4. The lowest BCUT2D eigenvalue weighted by atomic mass is 10.2. The van der Waals surface area contributed by atoms with E-state index in [1.165, 1.54) is 24.3 Å². The number of halogens is 1. The van der Waals surface area contributed by atoms with Crippen LogP contribution in [-0.4, -0.2) is 11.9 Å². The van der Waals surface area contributed by atoms with E-state index in [2.05, 4.69) is 10.3 Å². The molecule has 0 saturated carbocycles. The number of carbonyl (C=O) groups excluding carboxylic acids is 1. The van der Waals surface area contributed by atoms with Crippen LogP contribution >= 0.6 is 0 Å². The molecule has 82 valence electrons. The third-order valence-corrected chi connectivity index (χ3v) is 2.20. The summed E-state index contributed by atoms with van der Waals surface area (Å²) in [7, 11) is 0. The van der Waals surface area contributed by atoms with Crippen molar-refractivity contribution in [1.29, 1.82) is 0 Å². The van der Waals surface area contributed by atoms with Crippen molar-refractivity contribution in [2.45, 2.75) is 26.3 Å². The third kappa shape index (κ3) is 3.23. The standard InChI is InChI=1S/C11H14FNO2/c1-3-8(2)13-11(14)9-4-6-10(15-12)7-5-9/h4-8H,3H2,1-2H3,(H,13,14). The smallest absolute Gasteiger partial charge is 0.251 e. The maximum absolute atomic E-state index is 11.7. The Hall–Kier alpha value is -1.58. The van der Waals surface area contributed by atoms with Crippen molar-refractivity contribution in [2.24, 2.45) is 0 Å². The molecule has 1 amide bonds. The van der Waals surface area contributed by atoms with Crippen molar-refractivity contribution in [2.75, 3.05) is 0 Å². The van der Waals surface area contributed by atoms with Crippen LogP contribution in [0.25, 0.3) is 0 Å². The summed E-state index contributed by atoms with van der Waals surface area (Å²) in [6, 6.07) is 5.99. The lowest BCUT2D eigenvalue weighted by molar-refractivity contribution is -0.00621. The van der Waals surface area contributed by atoms with E-state index in [0.29, 0.717) is 5.56 Å². The molecule has 1 aromatic carbocycles. The average molecular weight is 211 g/mol. The molecule has 15 heavy (non-hydrogen) atoms. The first-order chi connectivity index (χ1) is 7.17. The van der Waals surface area contributed by atoms with Gasteiger partial charge in [-0.3, -0.25) is 9.74 Å². The zero-order valence-corrected chi connectivity index (χ0v) is 8.79. The van der Waals surface area contributed by atoms with E-state index in [1.54, 1.807) is 0 Å². The van der Waals surface area contributed by atoms with E-state index < -0.39 is 0 Å². The lowest BCUT2D eigenvalue weighted by Gasteiger charge is -2.11. The summed E-state index contributed by atoms with van der Waals surface area (Å²) in [6.45, 7) is 3.92. The molecule has 1 atom stereocenters. The molecule has 0 aliphatic heterocycles. The Morgan fingerprint density at radius 1 is 1.47 bits per heavy atom. The maximum atomic E-state index is 11.7. The average Bonchev–Trinajstić information content (AvgIpc) is 2.29. The van der Waals surface area contributed by atoms with Crippen LogP contribution in [0, 0.1) is 0 Å². The van der Waals surface area contributed by atoms with Crippen LogP contribution in [0.4, 0.5) is 4.53 Å². The van der Waals surface area contributed by atoms with Crippen LogP contribution in [0.1, 0.15) is 30.6 Å². The Bertz CT molecular complexity index is 324. The van der Waals surface area contributed by atoms with Gasteiger partial charge in [-0.2, -0.15) is 0 Å². The Kier molecular flexibility index (Phi) is 4.09. The molecule has 0 aliphatic carbocycles. The molecule has 1 aromatic rings. The van der Waals surface area contributed by atoms with Gasteiger partial charge in [0.15, 0.2) is 5.75 Å². The molecule has 0 aromatic heterocycles. The summed E-state index contributed by atoms with van der Waals surface area (Å²) in [6.07, 6.45) is 0.872. The molecular weight excluding hydrogens is 197 g/mol. The SMILES string of the molecule is CCC(C)NC(=O)c1ccc(OF)cc1. The van der Waals surface area contributed by atoms with Gasteiger partial charge in [-0.15, -0.1) is 0 Å². The van der Waals surface area contributed by atoms with Gasteiger partial charge in [0.05, 0.1) is 0 Å². The first kappa shape index (κ1) is 11.5. The highest BCUT2D eigenvalue weighted by molar-refractivity contribution is 5.94. The summed E-state index contributed by atoms with van der Waals surface area (Å²) in [5.41, 5.74) is 0.496. The molecule has 0 saturated heterocycles. The van der Waals surface area contributed by atoms with Gasteiger partial charge >= 0.3 is 0 Å². The molecule has 0 radical (unpaired) electrons. The van der Waals surface area contributed by atoms with Gasteiger partial charge in [0.1, 0.15) is 0 Å². The Morgan fingerprint density at radius 2 is 2.07 bits per heavy atom. The van der Waals surface area contributed by atoms with Crippen molar-refractivity contribution >= 4 is 5.91 Å². The molecule has 1 rings (SSSR count). The van der Waals surface area contributed by atoms with Crippen molar-refractivity contribution in [3.63, 3.8) is 0 Å². The highest BCUT2D eigenvalue weighted by atomic mass is 19.3. The van der Waals surface area contributed by atoms with E-state index in [1.807, 2.05) is 13.8 Å². The lowest BCUT2D eigenvalue weighted by Crippen LogP contribution is -2.31. The number of amides is 1. The monoisotopic (exact) mass is 211 g/mol. The van der Waals surface area contributed by atoms with Crippen LogP contribution in [0.15, 0.2) is 24.3 Å². The van der Waals surface area contributed by atoms with Gasteiger partial charge in [-0.25, -0.2) is 0 Å². The highest BCUT2D eigenvalue weighted by Gasteiger charge is 2.08. The summed E-state index contributed by atoms with van der Waals surface area (Å²) in [5, 5.41) is 2.81. The minimum atomic E-state index is -0.158. The van der Waals surface area contributed by atoms with Crippen LogP contribution in [0.3, 0.4) is 0 Å². The van der Waals surface area contributed by atoms with Gasteiger partial charge in [-0.05, 0) is 37.6 Å². The molecule has 0 spiro atoms. The molecule has 1 unspecified atom stereocenters. The van der Waals surface area contributed by atoms with E-state index in [-0.39, 0.29) is 17.7 Å². The number of benzene rings is 1. The Morgan fingerprint density at radius 3 is 2.53 bits per heavy atom. The highest BCUT2D eigenvalue weighted by Crippen LogP contribution is 2.12. The summed E-state index contributed by atoms with van der Waals surface area (Å²) >= 11 is 0. The van der Waals surface area contributed by atoms with Crippen molar-refractivity contribution in [1.82, 2.24) is 5.32 Å².